The molecule has 2 N–H and O–H groups in total. The van der Waals surface area contributed by atoms with Gasteiger partial charge in [-0.15, -0.1) is 0 Å². The van der Waals surface area contributed by atoms with E-state index in [1.807, 2.05) is 0 Å². The molecular weight excluding hydrogens is 142 g/mol. The highest BCUT2D eigenvalue weighted by Gasteiger charge is 1.92. The zero-order valence-electron chi connectivity index (χ0n) is 7.05. The zero-order valence-corrected chi connectivity index (χ0v) is 7.05. The van der Waals surface area contributed by atoms with Crippen LogP contribution in [0, 0.1) is 0 Å². The molecular formula is C8H15NO2. The fraction of sp³-hybridized carbons (Fsp3) is 0.625. The van der Waals surface area contributed by atoms with Crippen molar-refractivity contribution in [3.8, 4) is 0 Å². The second-order valence-corrected chi connectivity index (χ2v) is 2.51. The Balaban J connectivity index is 3.51. The van der Waals surface area contributed by atoms with Crippen molar-refractivity contribution in [2.24, 2.45) is 0 Å². The lowest BCUT2D eigenvalue weighted by Crippen LogP contribution is -2.17. The lowest BCUT2D eigenvalue weighted by molar-refractivity contribution is -0.131. The molecule has 0 aliphatic heterocycles. The summed E-state index contributed by atoms with van der Waals surface area (Å²) in [6.45, 7) is 5.48. The van der Waals surface area contributed by atoms with Crippen LogP contribution in [0.1, 0.15) is 20.3 Å². The van der Waals surface area contributed by atoms with Crippen LogP contribution < -0.4 is 5.32 Å². The number of carboxylic acid groups (broad SMARTS) is 1. The SMILES string of the molecule is CCCNCC(C)=CC(=O)O. The molecule has 0 radical (unpaired) electrons. The fourth-order valence-corrected chi connectivity index (χ4v) is 0.724. The van der Waals surface area contributed by atoms with Crippen molar-refractivity contribution in [3.63, 3.8) is 0 Å². The number of hydrogen-bond donors (Lipinski definition) is 2. The van der Waals surface area contributed by atoms with Crippen molar-refractivity contribution < 1.29 is 9.90 Å². The highest BCUT2D eigenvalue weighted by Crippen LogP contribution is 1.88. The van der Waals surface area contributed by atoms with E-state index in [0.717, 1.165) is 18.5 Å². The van der Waals surface area contributed by atoms with Gasteiger partial charge < -0.3 is 10.4 Å². The summed E-state index contributed by atoms with van der Waals surface area (Å²) < 4.78 is 0. The van der Waals surface area contributed by atoms with E-state index in [4.69, 9.17) is 5.11 Å². The normalized spacial score (nSPS) is 11.6. The first-order valence-corrected chi connectivity index (χ1v) is 3.77. The van der Waals surface area contributed by atoms with Gasteiger partial charge in [0, 0.05) is 12.6 Å². The predicted octanol–water partition coefficient (Wildman–Crippen LogP) is 1.02. The number of carbonyl (C=O) groups is 1. The maximum atomic E-state index is 10.1. The fourth-order valence-electron chi connectivity index (χ4n) is 0.724. The van der Waals surface area contributed by atoms with Gasteiger partial charge in [-0.1, -0.05) is 12.5 Å². The van der Waals surface area contributed by atoms with Crippen LogP contribution in [-0.2, 0) is 4.79 Å². The standard InChI is InChI=1S/C8H15NO2/c1-3-4-9-6-7(2)5-8(10)11/h5,9H,3-4,6H2,1-2H3,(H,10,11). The van der Waals surface area contributed by atoms with E-state index in [1.54, 1.807) is 6.92 Å². The van der Waals surface area contributed by atoms with Crippen LogP contribution in [-0.4, -0.2) is 24.2 Å². The van der Waals surface area contributed by atoms with Gasteiger partial charge in [0.05, 0.1) is 0 Å². The molecule has 0 unspecified atom stereocenters. The van der Waals surface area contributed by atoms with Gasteiger partial charge in [0.25, 0.3) is 0 Å². The number of hydrogen-bond acceptors (Lipinski definition) is 2. The first kappa shape index (κ1) is 10.2. The summed E-state index contributed by atoms with van der Waals surface area (Å²) in [6.07, 6.45) is 2.29. The maximum absolute atomic E-state index is 10.1. The van der Waals surface area contributed by atoms with Crippen molar-refractivity contribution in [2.45, 2.75) is 20.3 Å². The summed E-state index contributed by atoms with van der Waals surface area (Å²) >= 11 is 0. The molecule has 0 aromatic carbocycles. The van der Waals surface area contributed by atoms with Gasteiger partial charge in [0.2, 0.25) is 0 Å². The minimum absolute atomic E-state index is 0.667. The van der Waals surface area contributed by atoms with E-state index < -0.39 is 5.97 Å². The van der Waals surface area contributed by atoms with Crippen LogP contribution in [0.2, 0.25) is 0 Å². The quantitative estimate of drug-likeness (QED) is 0.462. The first-order valence-electron chi connectivity index (χ1n) is 3.77. The molecule has 0 heterocycles. The van der Waals surface area contributed by atoms with E-state index >= 15 is 0 Å². The van der Waals surface area contributed by atoms with Gasteiger partial charge in [-0.25, -0.2) is 4.79 Å². The Morgan fingerprint density at radius 3 is 2.73 bits per heavy atom. The van der Waals surface area contributed by atoms with E-state index in [0.29, 0.717) is 6.54 Å². The Bertz CT molecular complexity index is 152. The first-order chi connectivity index (χ1) is 5.16. The molecule has 0 saturated heterocycles. The summed E-state index contributed by atoms with van der Waals surface area (Å²) in [5.74, 6) is -0.874. The molecule has 0 aliphatic rings. The molecule has 0 aromatic heterocycles. The van der Waals surface area contributed by atoms with Crippen molar-refractivity contribution in [2.75, 3.05) is 13.1 Å². The zero-order chi connectivity index (χ0) is 8.69. The van der Waals surface area contributed by atoms with Gasteiger partial charge in [0.1, 0.15) is 0 Å². The molecule has 0 atom stereocenters. The van der Waals surface area contributed by atoms with Crippen molar-refractivity contribution in [1.29, 1.82) is 0 Å². The number of carboxylic acids is 1. The third-order valence-corrected chi connectivity index (χ3v) is 1.20. The molecule has 0 spiro atoms. The van der Waals surface area contributed by atoms with Gasteiger partial charge >= 0.3 is 5.97 Å². The second kappa shape index (κ2) is 5.92. The highest BCUT2D eigenvalue weighted by atomic mass is 16.4. The molecule has 0 rings (SSSR count). The topological polar surface area (TPSA) is 49.3 Å². The molecule has 0 aliphatic carbocycles. The van der Waals surface area contributed by atoms with Crippen molar-refractivity contribution >= 4 is 5.97 Å². The highest BCUT2D eigenvalue weighted by molar-refractivity contribution is 5.80. The minimum atomic E-state index is -0.874. The Labute approximate surface area is 67.1 Å². The van der Waals surface area contributed by atoms with Gasteiger partial charge in [0.15, 0.2) is 0 Å². The molecule has 0 amide bonds. The molecule has 0 bridgehead atoms. The maximum Gasteiger partial charge on any atom is 0.328 e. The predicted molar refractivity (Wildman–Crippen MR) is 44.6 cm³/mol. The Kier molecular flexibility index (Phi) is 5.47. The molecule has 0 aromatic rings. The Hall–Kier alpha value is -0.830. The van der Waals surface area contributed by atoms with Crippen LogP contribution in [0.5, 0.6) is 0 Å². The lowest BCUT2D eigenvalue weighted by atomic mass is 10.3. The van der Waals surface area contributed by atoms with Crippen LogP contribution in [0.25, 0.3) is 0 Å². The molecule has 11 heavy (non-hydrogen) atoms. The molecule has 3 nitrogen and oxygen atoms in total. The number of rotatable bonds is 5. The third-order valence-electron chi connectivity index (χ3n) is 1.20. The van der Waals surface area contributed by atoms with Crippen LogP contribution in [0.4, 0.5) is 0 Å². The van der Waals surface area contributed by atoms with Gasteiger partial charge in [-0.05, 0) is 19.9 Å². The summed E-state index contributed by atoms with van der Waals surface area (Å²) in [5.41, 5.74) is 0.853. The average Bonchev–Trinajstić information content (AvgIpc) is 1.86. The van der Waals surface area contributed by atoms with Gasteiger partial charge in [-0.3, -0.25) is 0 Å². The van der Waals surface area contributed by atoms with Crippen LogP contribution in [0.3, 0.4) is 0 Å². The van der Waals surface area contributed by atoms with Crippen LogP contribution >= 0.6 is 0 Å². The van der Waals surface area contributed by atoms with E-state index in [1.165, 1.54) is 6.08 Å². The molecule has 0 saturated carbocycles. The smallest absolute Gasteiger partial charge is 0.328 e. The van der Waals surface area contributed by atoms with Crippen LogP contribution in [0.15, 0.2) is 11.6 Å². The molecule has 0 fully saturated rings. The second-order valence-electron chi connectivity index (χ2n) is 2.51. The molecule has 64 valence electrons. The minimum Gasteiger partial charge on any atom is -0.478 e. The van der Waals surface area contributed by atoms with E-state index in [-0.39, 0.29) is 0 Å². The monoisotopic (exact) mass is 157 g/mol. The average molecular weight is 157 g/mol. The van der Waals surface area contributed by atoms with E-state index in [9.17, 15) is 4.79 Å². The summed E-state index contributed by atoms with van der Waals surface area (Å²) in [6, 6.07) is 0. The number of aliphatic carboxylic acids is 1. The van der Waals surface area contributed by atoms with E-state index in [2.05, 4.69) is 12.2 Å². The Morgan fingerprint density at radius 1 is 1.64 bits per heavy atom. The molecule has 3 heteroatoms. The summed E-state index contributed by atoms with van der Waals surface area (Å²) in [5, 5.41) is 11.4. The summed E-state index contributed by atoms with van der Waals surface area (Å²) in [7, 11) is 0. The van der Waals surface area contributed by atoms with Gasteiger partial charge in [-0.2, -0.15) is 0 Å². The van der Waals surface area contributed by atoms with Crippen molar-refractivity contribution in [3.05, 3.63) is 11.6 Å². The Morgan fingerprint density at radius 2 is 2.27 bits per heavy atom. The number of nitrogens with one attached hydrogen (secondary N) is 1. The third kappa shape index (κ3) is 7.06. The largest absolute Gasteiger partial charge is 0.478 e. The summed E-state index contributed by atoms with van der Waals surface area (Å²) in [4.78, 5) is 10.1. The lowest BCUT2D eigenvalue weighted by Gasteiger charge is -2.00. The van der Waals surface area contributed by atoms with Crippen molar-refractivity contribution in [1.82, 2.24) is 5.32 Å².